The molecule has 3 aromatic heterocycles. The number of carbonyl (C=O) groups excluding carboxylic acids is 2. The van der Waals surface area contributed by atoms with Crippen molar-refractivity contribution in [2.75, 3.05) is 0 Å². The number of rotatable bonds is 10. The van der Waals surface area contributed by atoms with E-state index in [1.54, 1.807) is 12.3 Å². The highest BCUT2D eigenvalue weighted by atomic mass is 19.3. The van der Waals surface area contributed by atoms with Crippen molar-refractivity contribution in [1.82, 2.24) is 35.5 Å². The molecule has 0 radical (unpaired) electrons. The van der Waals surface area contributed by atoms with E-state index in [2.05, 4.69) is 32.1 Å². The molecule has 3 aromatic rings. The van der Waals surface area contributed by atoms with E-state index in [0.29, 0.717) is 35.4 Å². The second kappa shape index (κ2) is 10.8. The van der Waals surface area contributed by atoms with Gasteiger partial charge in [0.1, 0.15) is 5.69 Å². The number of nitrogens with one attached hydrogen (secondary N) is 2. The van der Waals surface area contributed by atoms with Crippen LogP contribution in [0, 0.1) is 28.6 Å². The normalized spacial score (nSPS) is 23.4. The number of fused-ring (bicyclic) bond motifs is 1. The van der Waals surface area contributed by atoms with Gasteiger partial charge in [0.2, 0.25) is 17.8 Å². The lowest BCUT2D eigenvalue weighted by Gasteiger charge is -2.35. The fourth-order valence-corrected chi connectivity index (χ4v) is 6.79. The van der Waals surface area contributed by atoms with Gasteiger partial charge in [0, 0.05) is 38.0 Å². The zero-order valence-corrected chi connectivity index (χ0v) is 24.3. The number of aromatic nitrogens is 5. The lowest BCUT2D eigenvalue weighted by Crippen LogP contribution is -2.40. The van der Waals surface area contributed by atoms with E-state index in [1.807, 2.05) is 0 Å². The van der Waals surface area contributed by atoms with Crippen LogP contribution in [0.4, 0.5) is 17.6 Å². The number of amides is 2. The van der Waals surface area contributed by atoms with Crippen LogP contribution in [0.2, 0.25) is 0 Å². The topological polar surface area (TPSA) is 151 Å². The predicted octanol–water partition coefficient (Wildman–Crippen LogP) is 5.18. The zero-order valence-electron chi connectivity index (χ0n) is 24.3. The molecular formula is C30H32F4N8O3. The number of nitrogens with zero attached hydrogens (tertiary/aromatic N) is 6. The minimum atomic E-state index is -2.77. The molecule has 0 bridgehead atoms. The summed E-state index contributed by atoms with van der Waals surface area (Å²) in [5.41, 5.74) is 1.03. The van der Waals surface area contributed by atoms with Crippen LogP contribution in [0.3, 0.4) is 0 Å². The summed E-state index contributed by atoms with van der Waals surface area (Å²) in [6, 6.07) is 2.55. The van der Waals surface area contributed by atoms with Crippen molar-refractivity contribution in [2.24, 2.45) is 17.3 Å². The van der Waals surface area contributed by atoms with Crippen LogP contribution in [0.5, 0.6) is 0 Å². The molecule has 2 atom stereocenters. The third-order valence-electron chi connectivity index (χ3n) is 9.74. The molecular weight excluding hydrogens is 596 g/mol. The number of halogens is 4. The molecule has 4 aliphatic carbocycles. The van der Waals surface area contributed by atoms with Crippen molar-refractivity contribution >= 4 is 17.5 Å². The van der Waals surface area contributed by atoms with Gasteiger partial charge in [-0.2, -0.15) is 10.4 Å². The standard InChI is InChI=1S/C30H32F4N8O3/c31-29(32)5-3-18(4-6-29)23(39-27(44)25-24(17-1-2-17)40-45-41-25)20-14-42-21(37-20)10-19(13-36-42)26(28(15-35)7-8-28)38-22(43)9-16-11-30(33,34)12-16/h10,13-14,16-18,23,26H,1-9,11-12H2,(H,38,43)(H,39,44)/t23-,26-/m0/s1. The summed E-state index contributed by atoms with van der Waals surface area (Å²) < 4.78 is 61.1. The van der Waals surface area contributed by atoms with Crippen molar-refractivity contribution in [2.45, 2.75) is 100 Å². The number of alkyl halides is 4. The highest BCUT2D eigenvalue weighted by Crippen LogP contribution is 2.54. The molecule has 11 nitrogen and oxygen atoms in total. The van der Waals surface area contributed by atoms with E-state index in [-0.39, 0.29) is 62.5 Å². The fraction of sp³-hybridized carbons (Fsp3) is 0.633. The summed E-state index contributed by atoms with van der Waals surface area (Å²) in [7, 11) is 0. The van der Waals surface area contributed by atoms with Gasteiger partial charge >= 0.3 is 0 Å². The van der Waals surface area contributed by atoms with Gasteiger partial charge in [-0.15, -0.1) is 0 Å². The number of nitriles is 1. The largest absolute Gasteiger partial charge is 0.348 e. The molecule has 4 fully saturated rings. The van der Waals surface area contributed by atoms with Crippen LogP contribution in [0.15, 0.2) is 23.1 Å². The first kappa shape index (κ1) is 29.6. The summed E-state index contributed by atoms with van der Waals surface area (Å²) in [6.07, 6.45) is 5.02. The minimum absolute atomic E-state index is 0.0535. The van der Waals surface area contributed by atoms with E-state index < -0.39 is 47.1 Å². The van der Waals surface area contributed by atoms with Crippen molar-refractivity contribution in [3.63, 3.8) is 0 Å². The third-order valence-corrected chi connectivity index (χ3v) is 9.74. The maximum Gasteiger partial charge on any atom is 0.276 e. The average molecular weight is 629 g/mol. The van der Waals surface area contributed by atoms with Crippen LogP contribution in [-0.2, 0) is 4.79 Å². The first-order chi connectivity index (χ1) is 21.4. The number of carbonyl (C=O) groups is 2. The maximum atomic E-state index is 14.1. The lowest BCUT2D eigenvalue weighted by atomic mass is 9.79. The first-order valence-electron chi connectivity index (χ1n) is 15.4. The summed E-state index contributed by atoms with van der Waals surface area (Å²) in [5, 5.41) is 28.0. The molecule has 2 amide bonds. The van der Waals surface area contributed by atoms with E-state index in [4.69, 9.17) is 9.61 Å². The maximum absolute atomic E-state index is 14.1. The molecule has 0 unspecified atom stereocenters. The Bertz CT molecular complexity index is 1660. The molecule has 2 N–H and O–H groups in total. The predicted molar refractivity (Wildman–Crippen MR) is 147 cm³/mol. The van der Waals surface area contributed by atoms with E-state index in [9.17, 15) is 32.4 Å². The fourth-order valence-electron chi connectivity index (χ4n) is 6.79. The second-order valence-corrected chi connectivity index (χ2v) is 13.3. The highest BCUT2D eigenvalue weighted by molar-refractivity contribution is 5.93. The molecule has 45 heavy (non-hydrogen) atoms. The quantitative estimate of drug-likeness (QED) is 0.292. The molecule has 0 aromatic carbocycles. The van der Waals surface area contributed by atoms with Gasteiger partial charge in [0.05, 0.1) is 41.7 Å². The number of hydrogen-bond acceptors (Lipinski definition) is 8. The Hall–Kier alpha value is -4.09. The van der Waals surface area contributed by atoms with E-state index in [1.165, 1.54) is 10.7 Å². The molecule has 7 rings (SSSR count). The summed E-state index contributed by atoms with van der Waals surface area (Å²) in [6.45, 7) is 0. The Morgan fingerprint density at radius 2 is 1.78 bits per heavy atom. The van der Waals surface area contributed by atoms with E-state index >= 15 is 0 Å². The van der Waals surface area contributed by atoms with Crippen LogP contribution in [-0.4, -0.2) is 48.6 Å². The van der Waals surface area contributed by atoms with Crippen molar-refractivity contribution < 1.29 is 31.8 Å². The van der Waals surface area contributed by atoms with Gasteiger partial charge in [-0.05, 0) is 67.1 Å². The van der Waals surface area contributed by atoms with Crippen LogP contribution in [0.25, 0.3) is 5.65 Å². The van der Waals surface area contributed by atoms with Crippen molar-refractivity contribution in [3.8, 4) is 6.07 Å². The Kier molecular flexibility index (Phi) is 7.09. The van der Waals surface area contributed by atoms with Gasteiger partial charge in [0.15, 0.2) is 11.3 Å². The first-order valence-corrected chi connectivity index (χ1v) is 15.4. The van der Waals surface area contributed by atoms with Crippen LogP contribution >= 0.6 is 0 Å². The lowest BCUT2D eigenvalue weighted by molar-refractivity contribution is -0.134. The summed E-state index contributed by atoms with van der Waals surface area (Å²) in [4.78, 5) is 31.0. The van der Waals surface area contributed by atoms with Crippen LogP contribution < -0.4 is 10.6 Å². The molecule has 4 aliphatic rings. The van der Waals surface area contributed by atoms with Gasteiger partial charge in [-0.3, -0.25) is 9.59 Å². The zero-order chi connectivity index (χ0) is 31.6. The van der Waals surface area contributed by atoms with Crippen molar-refractivity contribution in [1.29, 1.82) is 5.26 Å². The SMILES string of the molecule is N#CC1([C@@H](NC(=O)CC2CC(F)(F)C2)c2cnn3cc([C@@H](NC(=O)c4nonc4C4CC4)C4CCC(F)(F)CC4)nc3c2)CC1. The molecule has 0 aliphatic heterocycles. The molecule has 4 saturated carbocycles. The third kappa shape index (κ3) is 5.98. The monoisotopic (exact) mass is 628 g/mol. The second-order valence-electron chi connectivity index (χ2n) is 13.3. The van der Waals surface area contributed by atoms with Gasteiger partial charge in [-0.1, -0.05) is 5.16 Å². The number of imidazole rings is 1. The average Bonchev–Trinajstić information content (AvgIpc) is 3.89. The number of hydrogen-bond donors (Lipinski definition) is 2. The summed E-state index contributed by atoms with van der Waals surface area (Å²) in [5.74, 6) is -7.07. The van der Waals surface area contributed by atoms with Gasteiger partial charge in [0.25, 0.3) is 5.91 Å². The summed E-state index contributed by atoms with van der Waals surface area (Å²) >= 11 is 0. The highest BCUT2D eigenvalue weighted by Gasteiger charge is 2.52. The Balaban J connectivity index is 1.15. The molecule has 3 heterocycles. The van der Waals surface area contributed by atoms with Gasteiger partial charge < -0.3 is 10.6 Å². The smallest absolute Gasteiger partial charge is 0.276 e. The van der Waals surface area contributed by atoms with Crippen LogP contribution in [0.1, 0.15) is 116 Å². The Morgan fingerprint density at radius 3 is 2.42 bits per heavy atom. The van der Waals surface area contributed by atoms with Gasteiger partial charge in [-0.25, -0.2) is 31.7 Å². The molecule has 238 valence electrons. The van der Waals surface area contributed by atoms with E-state index in [0.717, 1.165) is 12.8 Å². The molecule has 0 spiro atoms. The Morgan fingerprint density at radius 1 is 1.04 bits per heavy atom. The van der Waals surface area contributed by atoms with Crippen molar-refractivity contribution in [3.05, 3.63) is 41.1 Å². The molecule has 0 saturated heterocycles. The molecule has 15 heteroatoms. The Labute approximate surface area is 255 Å². The minimum Gasteiger partial charge on any atom is -0.348 e.